The van der Waals surface area contributed by atoms with Gasteiger partial charge in [0.15, 0.2) is 0 Å². The summed E-state index contributed by atoms with van der Waals surface area (Å²) in [6.45, 7) is 0. The summed E-state index contributed by atoms with van der Waals surface area (Å²) in [6, 6.07) is 10.1. The van der Waals surface area contributed by atoms with Crippen LogP contribution in [0.2, 0.25) is 10.0 Å². The number of hydrogen-bond donors (Lipinski definition) is 1. The standard InChI is InChI=1S/C15H13BrCl2FN/c1-20-14(15-12(17)3-2-4-13(15)18)7-9-5-6-10(19)8-11(9)16/h2-6,8,14,20H,7H2,1H3. The Bertz CT molecular complexity index is 599. The van der Waals surface area contributed by atoms with Crippen LogP contribution in [-0.4, -0.2) is 7.05 Å². The largest absolute Gasteiger partial charge is 0.313 e. The quantitative estimate of drug-likeness (QED) is 0.753. The maximum atomic E-state index is 13.1. The fraction of sp³-hybridized carbons (Fsp3) is 0.200. The summed E-state index contributed by atoms with van der Waals surface area (Å²) >= 11 is 15.9. The summed E-state index contributed by atoms with van der Waals surface area (Å²) in [5, 5.41) is 4.45. The summed E-state index contributed by atoms with van der Waals surface area (Å²) in [5.74, 6) is -0.266. The summed E-state index contributed by atoms with van der Waals surface area (Å²) in [5.41, 5.74) is 1.84. The van der Waals surface area contributed by atoms with Crippen LogP contribution >= 0.6 is 39.1 Å². The monoisotopic (exact) mass is 375 g/mol. The van der Waals surface area contributed by atoms with Gasteiger partial charge in [-0.05, 0) is 43.3 Å². The van der Waals surface area contributed by atoms with E-state index in [0.29, 0.717) is 16.5 Å². The van der Waals surface area contributed by atoms with E-state index in [1.807, 2.05) is 25.2 Å². The van der Waals surface area contributed by atoms with Crippen LogP contribution in [0, 0.1) is 5.82 Å². The smallest absolute Gasteiger partial charge is 0.124 e. The fourth-order valence-electron chi connectivity index (χ4n) is 2.10. The maximum Gasteiger partial charge on any atom is 0.124 e. The number of rotatable bonds is 4. The first kappa shape index (κ1) is 15.8. The maximum absolute atomic E-state index is 13.1. The van der Waals surface area contributed by atoms with E-state index in [9.17, 15) is 4.39 Å². The predicted octanol–water partition coefficient (Wildman–Crippen LogP) is 5.40. The van der Waals surface area contributed by atoms with E-state index in [-0.39, 0.29) is 11.9 Å². The zero-order valence-electron chi connectivity index (χ0n) is 10.8. The van der Waals surface area contributed by atoms with Gasteiger partial charge in [-0.15, -0.1) is 0 Å². The van der Waals surface area contributed by atoms with Crippen LogP contribution in [0.15, 0.2) is 40.9 Å². The molecule has 2 rings (SSSR count). The van der Waals surface area contributed by atoms with E-state index in [2.05, 4.69) is 21.2 Å². The zero-order chi connectivity index (χ0) is 14.7. The van der Waals surface area contributed by atoms with Gasteiger partial charge in [-0.2, -0.15) is 0 Å². The van der Waals surface area contributed by atoms with E-state index in [1.54, 1.807) is 6.07 Å². The molecule has 0 spiro atoms. The van der Waals surface area contributed by atoms with E-state index in [0.717, 1.165) is 15.6 Å². The van der Waals surface area contributed by atoms with Crippen molar-refractivity contribution in [3.05, 3.63) is 67.9 Å². The Morgan fingerprint density at radius 2 is 1.85 bits per heavy atom. The molecule has 0 aliphatic carbocycles. The highest BCUT2D eigenvalue weighted by molar-refractivity contribution is 9.10. The van der Waals surface area contributed by atoms with E-state index >= 15 is 0 Å². The summed E-state index contributed by atoms with van der Waals surface area (Å²) < 4.78 is 13.9. The van der Waals surface area contributed by atoms with Crippen molar-refractivity contribution in [1.82, 2.24) is 5.32 Å². The molecular formula is C15H13BrCl2FN. The molecule has 5 heteroatoms. The second-order valence-corrected chi connectivity index (χ2v) is 6.09. The molecule has 0 saturated carbocycles. The third-order valence-electron chi connectivity index (χ3n) is 3.14. The third kappa shape index (κ3) is 3.53. The Kier molecular flexibility index (Phi) is 5.44. The Morgan fingerprint density at radius 3 is 2.40 bits per heavy atom. The SMILES string of the molecule is CNC(Cc1ccc(F)cc1Br)c1c(Cl)cccc1Cl. The van der Waals surface area contributed by atoms with Gasteiger partial charge in [0.05, 0.1) is 0 Å². The van der Waals surface area contributed by atoms with Crippen LogP contribution in [0.4, 0.5) is 4.39 Å². The minimum Gasteiger partial charge on any atom is -0.313 e. The topological polar surface area (TPSA) is 12.0 Å². The van der Waals surface area contributed by atoms with E-state index < -0.39 is 0 Å². The van der Waals surface area contributed by atoms with Gasteiger partial charge in [-0.3, -0.25) is 0 Å². The first-order valence-corrected chi connectivity index (χ1v) is 7.63. The molecule has 20 heavy (non-hydrogen) atoms. The molecule has 0 bridgehead atoms. The van der Waals surface area contributed by atoms with Crippen molar-refractivity contribution >= 4 is 39.1 Å². The molecule has 0 radical (unpaired) electrons. The molecule has 0 fully saturated rings. The van der Waals surface area contributed by atoms with Crippen molar-refractivity contribution in [2.45, 2.75) is 12.5 Å². The normalized spacial score (nSPS) is 12.4. The molecule has 2 aromatic rings. The second-order valence-electron chi connectivity index (χ2n) is 4.42. The minimum atomic E-state index is -0.266. The van der Waals surface area contributed by atoms with Gasteiger partial charge < -0.3 is 5.32 Å². The van der Waals surface area contributed by atoms with E-state index in [1.165, 1.54) is 12.1 Å². The van der Waals surface area contributed by atoms with Crippen molar-refractivity contribution < 1.29 is 4.39 Å². The van der Waals surface area contributed by atoms with E-state index in [4.69, 9.17) is 23.2 Å². The lowest BCUT2D eigenvalue weighted by Crippen LogP contribution is -2.20. The molecule has 0 amide bonds. The third-order valence-corrected chi connectivity index (χ3v) is 4.53. The lowest BCUT2D eigenvalue weighted by molar-refractivity contribution is 0.587. The van der Waals surface area contributed by atoms with Crippen molar-refractivity contribution in [1.29, 1.82) is 0 Å². The average Bonchev–Trinajstić information content (AvgIpc) is 2.39. The molecule has 106 valence electrons. The number of nitrogens with one attached hydrogen (secondary N) is 1. The van der Waals surface area contributed by atoms with Crippen molar-refractivity contribution in [3.63, 3.8) is 0 Å². The highest BCUT2D eigenvalue weighted by Crippen LogP contribution is 2.33. The molecule has 2 aromatic carbocycles. The average molecular weight is 377 g/mol. The summed E-state index contributed by atoms with van der Waals surface area (Å²) in [7, 11) is 1.85. The number of hydrogen-bond acceptors (Lipinski definition) is 1. The molecule has 1 N–H and O–H groups in total. The predicted molar refractivity (Wildman–Crippen MR) is 86.1 cm³/mol. The molecule has 0 saturated heterocycles. The van der Waals surface area contributed by atoms with Crippen molar-refractivity contribution in [3.8, 4) is 0 Å². The highest BCUT2D eigenvalue weighted by Gasteiger charge is 2.18. The Labute approximate surface area is 136 Å². The number of likely N-dealkylation sites (N-methyl/N-ethyl adjacent to an activating group) is 1. The molecular weight excluding hydrogens is 364 g/mol. The lowest BCUT2D eigenvalue weighted by atomic mass is 9.99. The van der Waals surface area contributed by atoms with Crippen molar-refractivity contribution in [2.75, 3.05) is 7.05 Å². The van der Waals surface area contributed by atoms with Gasteiger partial charge >= 0.3 is 0 Å². The van der Waals surface area contributed by atoms with Crippen LogP contribution in [0.5, 0.6) is 0 Å². The highest BCUT2D eigenvalue weighted by atomic mass is 79.9. The van der Waals surface area contributed by atoms with Gasteiger partial charge in [-0.25, -0.2) is 4.39 Å². The Morgan fingerprint density at radius 1 is 1.20 bits per heavy atom. The molecule has 0 aromatic heterocycles. The van der Waals surface area contributed by atoms with Gasteiger partial charge in [0.25, 0.3) is 0 Å². The second kappa shape index (κ2) is 6.90. The Hall–Kier alpha value is -0.610. The molecule has 1 unspecified atom stereocenters. The van der Waals surface area contributed by atoms with Crippen LogP contribution in [0.1, 0.15) is 17.2 Å². The van der Waals surface area contributed by atoms with Crippen LogP contribution in [0.3, 0.4) is 0 Å². The summed E-state index contributed by atoms with van der Waals surface area (Å²) in [4.78, 5) is 0. The zero-order valence-corrected chi connectivity index (χ0v) is 13.9. The van der Waals surface area contributed by atoms with Gasteiger partial charge in [0.1, 0.15) is 5.82 Å². The Balaban J connectivity index is 2.34. The molecule has 1 atom stereocenters. The van der Waals surface area contributed by atoms with Crippen LogP contribution in [-0.2, 0) is 6.42 Å². The molecule has 0 heterocycles. The first-order chi connectivity index (χ1) is 9.52. The van der Waals surface area contributed by atoms with Gasteiger partial charge in [0.2, 0.25) is 0 Å². The minimum absolute atomic E-state index is 0.0436. The first-order valence-electron chi connectivity index (χ1n) is 6.08. The fourth-order valence-corrected chi connectivity index (χ4v) is 3.27. The van der Waals surface area contributed by atoms with Gasteiger partial charge in [-0.1, -0.05) is 51.3 Å². The number of halogens is 4. The van der Waals surface area contributed by atoms with Crippen LogP contribution < -0.4 is 5.32 Å². The lowest BCUT2D eigenvalue weighted by Gasteiger charge is -2.20. The molecule has 0 aliphatic rings. The molecule has 1 nitrogen and oxygen atoms in total. The number of benzene rings is 2. The molecule has 0 aliphatic heterocycles. The van der Waals surface area contributed by atoms with Gasteiger partial charge in [0, 0.05) is 26.1 Å². The van der Waals surface area contributed by atoms with Crippen LogP contribution in [0.25, 0.3) is 0 Å². The van der Waals surface area contributed by atoms with Crippen molar-refractivity contribution in [2.24, 2.45) is 0 Å². The summed E-state index contributed by atoms with van der Waals surface area (Å²) in [6.07, 6.45) is 0.654.